The SMILES string of the molecule is C[C@H](NC(=O)NC[C@]1(O)CCSC1)c1ccc(F)cc1Cl. The Labute approximate surface area is 132 Å². The lowest BCUT2D eigenvalue weighted by molar-refractivity contribution is 0.0699. The smallest absolute Gasteiger partial charge is 0.315 e. The van der Waals surface area contributed by atoms with Gasteiger partial charge in [0.05, 0.1) is 11.6 Å². The van der Waals surface area contributed by atoms with E-state index in [2.05, 4.69) is 10.6 Å². The van der Waals surface area contributed by atoms with E-state index in [1.165, 1.54) is 12.1 Å². The second kappa shape index (κ2) is 6.85. The Morgan fingerprint density at radius 1 is 1.62 bits per heavy atom. The average molecular weight is 333 g/mol. The summed E-state index contributed by atoms with van der Waals surface area (Å²) in [5.74, 6) is 1.12. The quantitative estimate of drug-likeness (QED) is 0.794. The minimum atomic E-state index is -0.821. The maximum absolute atomic E-state index is 13.0. The highest BCUT2D eigenvalue weighted by molar-refractivity contribution is 7.99. The van der Waals surface area contributed by atoms with Crippen LogP contribution < -0.4 is 10.6 Å². The van der Waals surface area contributed by atoms with Crippen LogP contribution in [-0.2, 0) is 0 Å². The molecule has 0 aromatic heterocycles. The summed E-state index contributed by atoms with van der Waals surface area (Å²) >= 11 is 7.63. The Morgan fingerprint density at radius 2 is 2.38 bits per heavy atom. The number of aliphatic hydroxyl groups is 1. The molecular formula is C14H18ClFN2O2S. The van der Waals surface area contributed by atoms with Crippen LogP contribution in [0.25, 0.3) is 0 Å². The number of benzene rings is 1. The Bertz CT molecular complexity index is 524. The third-order valence-corrected chi connectivity index (χ3v) is 5.00. The molecule has 1 heterocycles. The molecule has 1 aromatic carbocycles. The van der Waals surface area contributed by atoms with Crippen LogP contribution in [0.1, 0.15) is 24.9 Å². The molecule has 2 amide bonds. The summed E-state index contributed by atoms with van der Waals surface area (Å²) in [6, 6.07) is 3.32. The zero-order valence-electron chi connectivity index (χ0n) is 11.7. The molecule has 0 saturated carbocycles. The van der Waals surface area contributed by atoms with Crippen molar-refractivity contribution in [3.8, 4) is 0 Å². The number of carbonyl (C=O) groups is 1. The highest BCUT2D eigenvalue weighted by Gasteiger charge is 2.32. The zero-order chi connectivity index (χ0) is 15.5. The van der Waals surface area contributed by atoms with E-state index >= 15 is 0 Å². The number of urea groups is 1. The van der Waals surface area contributed by atoms with E-state index in [1.807, 2.05) is 0 Å². The van der Waals surface area contributed by atoms with Gasteiger partial charge in [-0.3, -0.25) is 0 Å². The van der Waals surface area contributed by atoms with Crippen molar-refractivity contribution < 1.29 is 14.3 Å². The highest BCUT2D eigenvalue weighted by Crippen LogP contribution is 2.27. The molecule has 1 saturated heterocycles. The lowest BCUT2D eigenvalue weighted by Crippen LogP contribution is -2.46. The van der Waals surface area contributed by atoms with Crippen molar-refractivity contribution >= 4 is 29.4 Å². The maximum Gasteiger partial charge on any atom is 0.315 e. The second-order valence-electron chi connectivity index (χ2n) is 5.24. The summed E-state index contributed by atoms with van der Waals surface area (Å²) in [5.41, 5.74) is -0.179. The highest BCUT2D eigenvalue weighted by atomic mass is 35.5. The molecule has 21 heavy (non-hydrogen) atoms. The van der Waals surface area contributed by atoms with Gasteiger partial charge in [0, 0.05) is 17.3 Å². The van der Waals surface area contributed by atoms with E-state index in [-0.39, 0.29) is 23.6 Å². The number of nitrogens with one attached hydrogen (secondary N) is 2. The van der Waals surface area contributed by atoms with Crippen LogP contribution >= 0.6 is 23.4 Å². The summed E-state index contributed by atoms with van der Waals surface area (Å²) in [6.07, 6.45) is 0.678. The van der Waals surface area contributed by atoms with Gasteiger partial charge in [-0.1, -0.05) is 17.7 Å². The van der Waals surface area contributed by atoms with Gasteiger partial charge in [0.15, 0.2) is 0 Å². The van der Waals surface area contributed by atoms with E-state index in [4.69, 9.17) is 11.6 Å². The minimum Gasteiger partial charge on any atom is -0.387 e. The molecule has 116 valence electrons. The normalized spacial score (nSPS) is 22.9. The summed E-state index contributed by atoms with van der Waals surface area (Å²) in [7, 11) is 0. The van der Waals surface area contributed by atoms with Crippen molar-refractivity contribution in [2.45, 2.75) is 25.0 Å². The first-order chi connectivity index (χ1) is 9.89. The molecule has 0 radical (unpaired) electrons. The van der Waals surface area contributed by atoms with Crippen molar-refractivity contribution in [2.24, 2.45) is 0 Å². The van der Waals surface area contributed by atoms with Crippen molar-refractivity contribution in [1.82, 2.24) is 10.6 Å². The first kappa shape index (κ1) is 16.4. The number of hydrogen-bond acceptors (Lipinski definition) is 3. The Hall–Kier alpha value is -0.980. The average Bonchev–Trinajstić information content (AvgIpc) is 2.84. The predicted molar refractivity (Wildman–Crippen MR) is 83.3 cm³/mol. The third kappa shape index (κ3) is 4.49. The molecule has 2 atom stereocenters. The largest absolute Gasteiger partial charge is 0.387 e. The van der Waals surface area contributed by atoms with Gasteiger partial charge in [0.25, 0.3) is 0 Å². The van der Waals surface area contributed by atoms with E-state index in [1.54, 1.807) is 24.8 Å². The van der Waals surface area contributed by atoms with Crippen LogP contribution in [0.15, 0.2) is 18.2 Å². The van der Waals surface area contributed by atoms with Gasteiger partial charge in [-0.15, -0.1) is 0 Å². The molecule has 1 aromatic rings. The molecule has 1 aliphatic rings. The van der Waals surface area contributed by atoms with Crippen molar-refractivity contribution in [1.29, 1.82) is 0 Å². The van der Waals surface area contributed by atoms with Crippen LogP contribution in [0.4, 0.5) is 9.18 Å². The van der Waals surface area contributed by atoms with Gasteiger partial charge in [-0.2, -0.15) is 11.8 Å². The Morgan fingerprint density at radius 3 is 3.00 bits per heavy atom. The Kier molecular flexibility index (Phi) is 5.35. The molecule has 0 unspecified atom stereocenters. The van der Waals surface area contributed by atoms with Crippen molar-refractivity contribution in [3.63, 3.8) is 0 Å². The minimum absolute atomic E-state index is 0.218. The molecule has 1 fully saturated rings. The lowest BCUT2D eigenvalue weighted by atomic mass is 10.0. The molecule has 0 aliphatic carbocycles. The Balaban J connectivity index is 1.87. The summed E-state index contributed by atoms with van der Waals surface area (Å²) in [5, 5.41) is 15.8. The van der Waals surface area contributed by atoms with Crippen LogP contribution in [0, 0.1) is 5.82 Å². The zero-order valence-corrected chi connectivity index (χ0v) is 13.2. The number of rotatable bonds is 4. The van der Waals surface area contributed by atoms with E-state index in [0.29, 0.717) is 17.7 Å². The molecule has 0 bridgehead atoms. The van der Waals surface area contributed by atoms with Gasteiger partial charge in [0.1, 0.15) is 5.82 Å². The van der Waals surface area contributed by atoms with Gasteiger partial charge >= 0.3 is 6.03 Å². The third-order valence-electron chi connectivity index (χ3n) is 3.44. The number of thioether (sulfide) groups is 1. The second-order valence-corrected chi connectivity index (χ2v) is 6.75. The lowest BCUT2D eigenvalue weighted by Gasteiger charge is -2.23. The van der Waals surface area contributed by atoms with E-state index in [9.17, 15) is 14.3 Å². The maximum atomic E-state index is 13.0. The summed E-state index contributed by atoms with van der Waals surface area (Å²) in [6.45, 7) is 1.98. The fraction of sp³-hybridized carbons (Fsp3) is 0.500. The molecule has 3 N–H and O–H groups in total. The van der Waals surface area contributed by atoms with Gasteiger partial charge in [0.2, 0.25) is 0 Å². The fourth-order valence-electron chi connectivity index (χ4n) is 2.16. The van der Waals surface area contributed by atoms with Crippen molar-refractivity contribution in [2.75, 3.05) is 18.1 Å². The molecule has 4 nitrogen and oxygen atoms in total. The van der Waals surface area contributed by atoms with Crippen LogP contribution in [-0.4, -0.2) is 34.8 Å². The first-order valence-electron chi connectivity index (χ1n) is 6.69. The number of halogens is 2. The molecule has 1 aliphatic heterocycles. The van der Waals surface area contributed by atoms with Crippen LogP contribution in [0.2, 0.25) is 5.02 Å². The number of carbonyl (C=O) groups excluding carboxylic acids is 1. The monoisotopic (exact) mass is 332 g/mol. The van der Waals surface area contributed by atoms with Gasteiger partial charge in [-0.05, 0) is 36.8 Å². The number of amides is 2. The summed E-state index contributed by atoms with van der Waals surface area (Å²) in [4.78, 5) is 11.8. The molecular weight excluding hydrogens is 315 g/mol. The summed E-state index contributed by atoms with van der Waals surface area (Å²) < 4.78 is 13.0. The molecule has 7 heteroatoms. The number of hydrogen-bond donors (Lipinski definition) is 3. The topological polar surface area (TPSA) is 61.4 Å². The van der Waals surface area contributed by atoms with Gasteiger partial charge < -0.3 is 15.7 Å². The first-order valence-corrected chi connectivity index (χ1v) is 8.22. The van der Waals surface area contributed by atoms with E-state index < -0.39 is 11.4 Å². The van der Waals surface area contributed by atoms with Crippen LogP contribution in [0.3, 0.4) is 0 Å². The fourth-order valence-corrected chi connectivity index (χ4v) is 3.78. The molecule has 0 spiro atoms. The van der Waals surface area contributed by atoms with Crippen molar-refractivity contribution in [3.05, 3.63) is 34.6 Å². The van der Waals surface area contributed by atoms with Gasteiger partial charge in [-0.25, -0.2) is 9.18 Å². The van der Waals surface area contributed by atoms with Crippen LogP contribution in [0.5, 0.6) is 0 Å². The molecule has 2 rings (SSSR count). The standard InChI is InChI=1S/C14H18ClFN2O2S/c1-9(11-3-2-10(16)6-12(11)15)18-13(19)17-7-14(20)4-5-21-8-14/h2-3,6,9,20H,4-5,7-8H2,1H3,(H2,17,18,19)/t9-,14+/m0/s1. The predicted octanol–water partition coefficient (Wildman–Crippen LogP) is 2.71. The van der Waals surface area contributed by atoms with E-state index in [0.717, 1.165) is 5.75 Å².